The lowest BCUT2D eigenvalue weighted by Crippen LogP contribution is -2.29. The summed E-state index contributed by atoms with van der Waals surface area (Å²) in [6, 6.07) is 3.21. The maximum atomic E-state index is 6.35. The fraction of sp³-hybridized carbons (Fsp3) is 0.571. The molecule has 0 amide bonds. The van der Waals surface area contributed by atoms with Gasteiger partial charge in [0.1, 0.15) is 5.75 Å². The third kappa shape index (κ3) is 2.04. The van der Waals surface area contributed by atoms with Crippen molar-refractivity contribution in [2.75, 3.05) is 6.61 Å². The van der Waals surface area contributed by atoms with Crippen molar-refractivity contribution in [2.24, 2.45) is 0 Å². The lowest BCUT2D eigenvalue weighted by molar-refractivity contribution is 0.251. The lowest BCUT2D eigenvalue weighted by Gasteiger charge is -2.29. The monoisotopic (exact) mass is 251 g/mol. The predicted molar refractivity (Wildman–Crippen MR) is 69.9 cm³/mol. The summed E-state index contributed by atoms with van der Waals surface area (Å²) in [6.07, 6.45) is 3.67. The minimum Gasteiger partial charge on any atom is -0.493 e. The fourth-order valence-corrected chi connectivity index (χ4v) is 2.78. The summed E-state index contributed by atoms with van der Waals surface area (Å²) in [7, 11) is 0. The molecular formula is C14H18ClNO. The second kappa shape index (κ2) is 4.18. The molecule has 1 N–H and O–H groups in total. The van der Waals surface area contributed by atoms with E-state index in [1.54, 1.807) is 0 Å². The van der Waals surface area contributed by atoms with E-state index in [-0.39, 0.29) is 0 Å². The van der Waals surface area contributed by atoms with Crippen LogP contribution in [0.1, 0.15) is 42.0 Å². The molecule has 1 aromatic carbocycles. The van der Waals surface area contributed by atoms with Gasteiger partial charge in [-0.15, -0.1) is 0 Å². The van der Waals surface area contributed by atoms with Crippen LogP contribution in [0, 0.1) is 13.8 Å². The third-order valence-corrected chi connectivity index (χ3v) is 4.30. The van der Waals surface area contributed by atoms with Crippen molar-refractivity contribution in [1.29, 1.82) is 0 Å². The minimum atomic E-state index is 0.421. The number of hydrogen-bond acceptors (Lipinski definition) is 2. The van der Waals surface area contributed by atoms with E-state index in [4.69, 9.17) is 16.3 Å². The SMILES string of the molecule is Cc1cc2c(c(C)c1Cl)C(NC1CC1)CCO2. The van der Waals surface area contributed by atoms with Crippen LogP contribution in [-0.2, 0) is 0 Å². The van der Waals surface area contributed by atoms with Gasteiger partial charge in [-0.25, -0.2) is 0 Å². The minimum absolute atomic E-state index is 0.421. The number of benzene rings is 1. The normalized spacial score (nSPS) is 23.1. The van der Waals surface area contributed by atoms with Crippen molar-refractivity contribution >= 4 is 11.6 Å². The molecule has 1 aromatic rings. The Morgan fingerprint density at radius 3 is 2.76 bits per heavy atom. The molecule has 92 valence electrons. The first-order valence-corrected chi connectivity index (χ1v) is 6.73. The maximum absolute atomic E-state index is 6.35. The standard InChI is InChI=1S/C14H18ClNO/c1-8-7-12-13(9(2)14(8)15)11(5-6-17-12)16-10-3-4-10/h7,10-11,16H,3-6H2,1-2H3. The van der Waals surface area contributed by atoms with E-state index in [0.717, 1.165) is 29.4 Å². The zero-order valence-corrected chi connectivity index (χ0v) is 11.1. The van der Waals surface area contributed by atoms with Gasteiger partial charge in [-0.05, 0) is 43.9 Å². The van der Waals surface area contributed by atoms with Gasteiger partial charge in [-0.3, -0.25) is 0 Å². The van der Waals surface area contributed by atoms with E-state index in [9.17, 15) is 0 Å². The second-order valence-corrected chi connectivity index (χ2v) is 5.55. The molecule has 1 heterocycles. The van der Waals surface area contributed by atoms with Crippen LogP contribution in [0.2, 0.25) is 5.02 Å². The Morgan fingerprint density at radius 1 is 1.29 bits per heavy atom. The Morgan fingerprint density at radius 2 is 2.06 bits per heavy atom. The average Bonchev–Trinajstić information content (AvgIpc) is 3.10. The first-order valence-electron chi connectivity index (χ1n) is 6.35. The summed E-state index contributed by atoms with van der Waals surface area (Å²) >= 11 is 6.35. The molecule has 1 atom stereocenters. The van der Waals surface area contributed by atoms with E-state index in [1.807, 2.05) is 6.92 Å². The van der Waals surface area contributed by atoms with E-state index in [1.165, 1.54) is 24.0 Å². The average molecular weight is 252 g/mol. The molecule has 1 fully saturated rings. The van der Waals surface area contributed by atoms with Crippen LogP contribution < -0.4 is 10.1 Å². The number of aryl methyl sites for hydroxylation is 1. The quantitative estimate of drug-likeness (QED) is 0.868. The van der Waals surface area contributed by atoms with Crippen LogP contribution in [0.5, 0.6) is 5.75 Å². The summed E-state index contributed by atoms with van der Waals surface area (Å²) in [5, 5.41) is 4.58. The van der Waals surface area contributed by atoms with Gasteiger partial charge in [0.2, 0.25) is 0 Å². The van der Waals surface area contributed by atoms with Crippen LogP contribution in [-0.4, -0.2) is 12.6 Å². The maximum Gasteiger partial charge on any atom is 0.124 e. The highest BCUT2D eigenvalue weighted by molar-refractivity contribution is 6.32. The van der Waals surface area contributed by atoms with Crippen LogP contribution in [0.15, 0.2) is 6.07 Å². The molecule has 0 radical (unpaired) electrons. The first-order chi connectivity index (χ1) is 8.16. The Bertz CT molecular complexity index is 454. The van der Waals surface area contributed by atoms with E-state index in [0.29, 0.717) is 12.1 Å². The molecule has 0 bridgehead atoms. The van der Waals surface area contributed by atoms with Crippen molar-refractivity contribution in [3.8, 4) is 5.75 Å². The van der Waals surface area contributed by atoms with Gasteiger partial charge < -0.3 is 10.1 Å². The van der Waals surface area contributed by atoms with Crippen LogP contribution in [0.25, 0.3) is 0 Å². The van der Waals surface area contributed by atoms with Gasteiger partial charge in [-0.2, -0.15) is 0 Å². The fourth-order valence-electron chi connectivity index (χ4n) is 2.62. The number of fused-ring (bicyclic) bond motifs is 1. The van der Waals surface area contributed by atoms with Gasteiger partial charge in [0.15, 0.2) is 0 Å². The summed E-state index contributed by atoms with van der Waals surface area (Å²) in [5.41, 5.74) is 3.56. The number of nitrogens with one attached hydrogen (secondary N) is 1. The van der Waals surface area contributed by atoms with Crippen molar-refractivity contribution in [3.05, 3.63) is 27.8 Å². The molecule has 3 rings (SSSR count). The topological polar surface area (TPSA) is 21.3 Å². The molecule has 1 saturated carbocycles. The van der Waals surface area contributed by atoms with E-state index < -0.39 is 0 Å². The number of halogens is 1. The van der Waals surface area contributed by atoms with Gasteiger partial charge >= 0.3 is 0 Å². The van der Waals surface area contributed by atoms with E-state index >= 15 is 0 Å². The highest BCUT2D eigenvalue weighted by atomic mass is 35.5. The van der Waals surface area contributed by atoms with Gasteiger partial charge in [0.25, 0.3) is 0 Å². The molecule has 3 heteroatoms. The van der Waals surface area contributed by atoms with Gasteiger partial charge in [-0.1, -0.05) is 11.6 Å². The molecule has 0 spiro atoms. The Balaban J connectivity index is 2.01. The highest BCUT2D eigenvalue weighted by Gasteiger charge is 2.30. The Hall–Kier alpha value is -0.730. The van der Waals surface area contributed by atoms with Crippen LogP contribution in [0.3, 0.4) is 0 Å². The molecule has 2 nitrogen and oxygen atoms in total. The summed E-state index contributed by atoms with van der Waals surface area (Å²) in [6.45, 7) is 4.94. The largest absolute Gasteiger partial charge is 0.493 e. The number of hydrogen-bond donors (Lipinski definition) is 1. The summed E-state index contributed by atoms with van der Waals surface area (Å²) in [5.74, 6) is 1.02. The molecule has 0 aromatic heterocycles. The van der Waals surface area contributed by atoms with Gasteiger partial charge in [0, 0.05) is 29.1 Å². The molecule has 1 aliphatic heterocycles. The molecule has 2 aliphatic rings. The smallest absolute Gasteiger partial charge is 0.124 e. The second-order valence-electron chi connectivity index (χ2n) is 5.17. The number of rotatable bonds is 2. The van der Waals surface area contributed by atoms with Crippen molar-refractivity contribution in [2.45, 2.75) is 45.2 Å². The zero-order valence-electron chi connectivity index (χ0n) is 10.3. The van der Waals surface area contributed by atoms with Crippen molar-refractivity contribution in [3.63, 3.8) is 0 Å². The summed E-state index contributed by atoms with van der Waals surface area (Å²) in [4.78, 5) is 0. The first kappa shape index (κ1) is 11.4. The molecule has 1 aliphatic carbocycles. The molecular weight excluding hydrogens is 234 g/mol. The van der Waals surface area contributed by atoms with Gasteiger partial charge in [0.05, 0.1) is 6.61 Å². The molecule has 17 heavy (non-hydrogen) atoms. The van der Waals surface area contributed by atoms with Crippen molar-refractivity contribution < 1.29 is 4.74 Å². The van der Waals surface area contributed by atoms with Crippen LogP contribution >= 0.6 is 11.6 Å². The zero-order chi connectivity index (χ0) is 12.0. The van der Waals surface area contributed by atoms with Crippen LogP contribution in [0.4, 0.5) is 0 Å². The lowest BCUT2D eigenvalue weighted by atomic mass is 9.94. The van der Waals surface area contributed by atoms with Crippen molar-refractivity contribution in [1.82, 2.24) is 5.32 Å². The number of ether oxygens (including phenoxy) is 1. The molecule has 0 saturated heterocycles. The van der Waals surface area contributed by atoms with E-state index in [2.05, 4.69) is 18.3 Å². The highest BCUT2D eigenvalue weighted by Crippen LogP contribution is 2.40. The predicted octanol–water partition coefficient (Wildman–Crippen LogP) is 3.53. The molecule has 1 unspecified atom stereocenters. The summed E-state index contributed by atoms with van der Waals surface area (Å²) < 4.78 is 5.77. The Kier molecular flexibility index (Phi) is 2.80. The Labute approximate surface area is 107 Å². The third-order valence-electron chi connectivity index (χ3n) is 3.72.